The van der Waals surface area contributed by atoms with Gasteiger partial charge in [0.1, 0.15) is 10.5 Å². The zero-order valence-electron chi connectivity index (χ0n) is 26.8. The van der Waals surface area contributed by atoms with Gasteiger partial charge in [-0.3, -0.25) is 19.5 Å². The highest BCUT2D eigenvalue weighted by molar-refractivity contribution is 7.18. The average Bonchev–Trinajstić information content (AvgIpc) is 3.80. The number of thiazole rings is 1. The predicted octanol–water partition coefficient (Wildman–Crippen LogP) is 6.21. The summed E-state index contributed by atoms with van der Waals surface area (Å²) in [5.74, 6) is -0.228. The van der Waals surface area contributed by atoms with Gasteiger partial charge >= 0.3 is 5.97 Å². The first-order valence-corrected chi connectivity index (χ1v) is 17.5. The van der Waals surface area contributed by atoms with E-state index in [-0.39, 0.29) is 17.9 Å². The first-order valence-electron chi connectivity index (χ1n) is 16.0. The summed E-state index contributed by atoms with van der Waals surface area (Å²) in [6, 6.07) is 17.6. The van der Waals surface area contributed by atoms with E-state index in [2.05, 4.69) is 20.5 Å². The molecule has 13 heteroatoms. The number of hydrogen-bond acceptors (Lipinski definition) is 9. The minimum atomic E-state index is -0.915. The van der Waals surface area contributed by atoms with Crippen LogP contribution in [-0.4, -0.2) is 70.1 Å². The Balaban J connectivity index is 1.12. The Labute approximate surface area is 297 Å². The molecule has 0 radical (unpaired) electrons. The number of aliphatic carboxylic acids is 1. The Morgan fingerprint density at radius 2 is 1.86 bits per heavy atom. The van der Waals surface area contributed by atoms with Crippen LogP contribution < -0.4 is 15.4 Å². The molecule has 5 aromatic rings. The molecule has 2 aliphatic heterocycles. The largest absolute Gasteiger partial charge is 0.481 e. The van der Waals surface area contributed by atoms with Crippen molar-refractivity contribution in [1.82, 2.24) is 30.5 Å². The van der Waals surface area contributed by atoms with Crippen molar-refractivity contribution in [3.05, 3.63) is 92.7 Å². The molecule has 0 aliphatic carbocycles. The lowest BCUT2D eigenvalue weighted by Gasteiger charge is -2.22. The number of likely N-dealkylation sites (tertiary alicyclic amines) is 1. The lowest BCUT2D eigenvalue weighted by molar-refractivity contribution is -0.136. The summed E-state index contributed by atoms with van der Waals surface area (Å²) in [5.41, 5.74) is 6.48. The van der Waals surface area contributed by atoms with Crippen LogP contribution in [0.4, 0.5) is 0 Å². The van der Waals surface area contributed by atoms with E-state index >= 15 is 0 Å². The summed E-state index contributed by atoms with van der Waals surface area (Å²) in [6.07, 6.45) is 3.80. The number of methoxy groups -OCH3 is 1. The van der Waals surface area contributed by atoms with Crippen LogP contribution in [0.15, 0.2) is 60.8 Å². The summed E-state index contributed by atoms with van der Waals surface area (Å²) in [7, 11) is 1.63. The Hall–Kier alpha value is -4.13. The molecule has 3 N–H and O–H groups in total. The second-order valence-corrected chi connectivity index (χ2v) is 14.5. The number of amides is 1. The maximum absolute atomic E-state index is 11.9. The zero-order chi connectivity index (χ0) is 34.1. The van der Waals surface area contributed by atoms with E-state index in [1.807, 2.05) is 54.6 Å². The smallest absolute Gasteiger partial charge is 0.317 e. The molecule has 10 nitrogen and oxygen atoms in total. The molecular weight excluding hydrogens is 683 g/mol. The van der Waals surface area contributed by atoms with Crippen molar-refractivity contribution in [1.29, 1.82) is 0 Å². The van der Waals surface area contributed by atoms with E-state index in [0.717, 1.165) is 74.8 Å². The highest BCUT2D eigenvalue weighted by Crippen LogP contribution is 2.42. The average molecular weight is 718 g/mol. The number of rotatable bonds is 11. The van der Waals surface area contributed by atoms with Crippen LogP contribution in [0.3, 0.4) is 0 Å². The lowest BCUT2D eigenvalue weighted by Crippen LogP contribution is -2.29. The summed E-state index contributed by atoms with van der Waals surface area (Å²) >= 11 is 15.7. The molecule has 0 bridgehead atoms. The number of carboxylic acids is 1. The molecule has 1 amide bonds. The van der Waals surface area contributed by atoms with Gasteiger partial charge in [-0.2, -0.15) is 0 Å². The number of pyridine rings is 2. The number of carbonyl (C=O) groups excluding carboxylic acids is 1. The van der Waals surface area contributed by atoms with Gasteiger partial charge in [-0.15, -0.1) is 11.3 Å². The van der Waals surface area contributed by atoms with Crippen molar-refractivity contribution in [3.8, 4) is 28.3 Å². The Bertz CT molecular complexity index is 2070. The standard InChI is InChI=1S/C36H34Cl2N6O4S/c1-48-35-22(18-44-13-11-36(20-44)15-29(45)41-19-36)8-9-26(42-35)25-7-3-6-24(33(25)38)23-5-2-4-21(32(23)37)14-27-34-28(10-12-40-27)49-30(43-34)16-39-17-31(46)47/h2-10,12,39H,11,13-20H2,1H3,(H,41,45)(H,46,47). The first kappa shape index (κ1) is 33.4. The van der Waals surface area contributed by atoms with E-state index < -0.39 is 5.97 Å². The number of hydrogen-bond donors (Lipinski definition) is 3. The number of aromatic nitrogens is 3. The number of nitrogens with one attached hydrogen (secondary N) is 2. The van der Waals surface area contributed by atoms with E-state index in [1.165, 1.54) is 11.3 Å². The van der Waals surface area contributed by atoms with Gasteiger partial charge in [0.25, 0.3) is 0 Å². The molecule has 2 aliphatic rings. The molecule has 1 spiro atoms. The highest BCUT2D eigenvalue weighted by atomic mass is 35.5. The van der Waals surface area contributed by atoms with Crippen LogP contribution in [0.1, 0.15) is 34.7 Å². The molecule has 0 saturated carbocycles. The Kier molecular flexibility index (Phi) is 9.54. The van der Waals surface area contributed by atoms with Crippen LogP contribution in [0.5, 0.6) is 5.88 Å². The van der Waals surface area contributed by atoms with Gasteiger partial charge in [0.15, 0.2) is 0 Å². The number of benzene rings is 2. The Morgan fingerprint density at radius 1 is 1.06 bits per heavy atom. The molecular formula is C36H34Cl2N6O4S. The van der Waals surface area contributed by atoms with Crippen molar-refractivity contribution in [2.45, 2.75) is 32.4 Å². The third-order valence-corrected chi connectivity index (χ3v) is 11.1. The number of nitrogens with zero attached hydrogens (tertiary/aromatic N) is 4. The van der Waals surface area contributed by atoms with E-state index in [4.69, 9.17) is 43.0 Å². The number of fused-ring (bicyclic) bond motifs is 1. The molecule has 2 aromatic carbocycles. The molecule has 2 fully saturated rings. The first-order chi connectivity index (χ1) is 23.7. The Morgan fingerprint density at radius 3 is 2.63 bits per heavy atom. The molecule has 1 unspecified atom stereocenters. The van der Waals surface area contributed by atoms with Gasteiger partial charge in [0, 0.05) is 72.9 Å². The SMILES string of the molecule is COc1nc(-c2cccc(-c3cccc(Cc4nccc5sc(CNCC(=O)O)nc45)c3Cl)c2Cl)ccc1CN1CCC2(CNC(=O)C2)C1. The maximum atomic E-state index is 11.9. The molecule has 1 atom stereocenters. The second kappa shape index (κ2) is 14.0. The van der Waals surface area contributed by atoms with Crippen molar-refractivity contribution in [3.63, 3.8) is 0 Å². The summed E-state index contributed by atoms with van der Waals surface area (Å²) in [4.78, 5) is 39.4. The fourth-order valence-corrected chi connectivity index (χ4v) is 8.41. The molecule has 252 valence electrons. The molecule has 3 aromatic heterocycles. The minimum absolute atomic E-state index is 0.0284. The molecule has 2 saturated heterocycles. The van der Waals surface area contributed by atoms with E-state index in [1.54, 1.807) is 13.3 Å². The van der Waals surface area contributed by atoms with Gasteiger partial charge in [-0.1, -0.05) is 65.7 Å². The van der Waals surface area contributed by atoms with E-state index in [0.29, 0.717) is 47.6 Å². The zero-order valence-corrected chi connectivity index (χ0v) is 29.1. The third-order valence-electron chi connectivity index (χ3n) is 9.22. The minimum Gasteiger partial charge on any atom is -0.481 e. The van der Waals surface area contributed by atoms with E-state index in [9.17, 15) is 9.59 Å². The lowest BCUT2D eigenvalue weighted by atomic mass is 9.86. The fraction of sp³-hybridized carbons (Fsp3) is 0.306. The van der Waals surface area contributed by atoms with Gasteiger partial charge in [0.05, 0.1) is 39.8 Å². The van der Waals surface area contributed by atoms with Gasteiger partial charge in [-0.05, 0) is 30.7 Å². The normalized spacial score (nSPS) is 17.7. The van der Waals surface area contributed by atoms with Crippen molar-refractivity contribution in [2.24, 2.45) is 5.41 Å². The van der Waals surface area contributed by atoms with Crippen molar-refractivity contribution < 1.29 is 19.4 Å². The number of carboxylic acid groups (broad SMARTS) is 1. The van der Waals surface area contributed by atoms with Gasteiger partial charge in [-0.25, -0.2) is 9.97 Å². The number of halogens is 2. The third kappa shape index (κ3) is 6.99. The van der Waals surface area contributed by atoms with Crippen LogP contribution in [0.2, 0.25) is 10.0 Å². The highest BCUT2D eigenvalue weighted by Gasteiger charge is 2.43. The van der Waals surface area contributed by atoms with Crippen molar-refractivity contribution in [2.75, 3.05) is 33.3 Å². The summed E-state index contributed by atoms with van der Waals surface area (Å²) in [6.45, 7) is 3.45. The maximum Gasteiger partial charge on any atom is 0.317 e. The van der Waals surface area contributed by atoms with Crippen LogP contribution in [0, 0.1) is 5.41 Å². The quantitative estimate of drug-likeness (QED) is 0.146. The van der Waals surface area contributed by atoms with Gasteiger partial charge < -0.3 is 20.5 Å². The summed E-state index contributed by atoms with van der Waals surface area (Å²) in [5, 5.41) is 16.7. The second-order valence-electron chi connectivity index (χ2n) is 12.6. The molecule has 49 heavy (non-hydrogen) atoms. The van der Waals surface area contributed by atoms with Crippen LogP contribution >= 0.6 is 34.5 Å². The fourth-order valence-electron chi connectivity index (χ4n) is 6.84. The van der Waals surface area contributed by atoms with Gasteiger partial charge in [0.2, 0.25) is 11.8 Å². The predicted molar refractivity (Wildman–Crippen MR) is 191 cm³/mol. The number of carbonyl (C=O) groups is 2. The van der Waals surface area contributed by atoms with Crippen LogP contribution in [-0.2, 0) is 29.1 Å². The van der Waals surface area contributed by atoms with Crippen molar-refractivity contribution >= 4 is 56.6 Å². The monoisotopic (exact) mass is 716 g/mol. The molecule has 7 rings (SSSR count). The molecule has 5 heterocycles. The van der Waals surface area contributed by atoms with Crippen LogP contribution in [0.25, 0.3) is 32.6 Å². The topological polar surface area (TPSA) is 130 Å². The summed E-state index contributed by atoms with van der Waals surface area (Å²) < 4.78 is 6.73. The number of ether oxygens (including phenoxy) is 1.